The van der Waals surface area contributed by atoms with E-state index in [4.69, 9.17) is 5.73 Å². The molecule has 6 N–H and O–H groups in total. The van der Waals surface area contributed by atoms with E-state index in [0.717, 1.165) is 31.2 Å². The van der Waals surface area contributed by atoms with Crippen molar-refractivity contribution in [3.8, 4) is 0 Å². The Kier molecular flexibility index (Phi) is 9.37. The van der Waals surface area contributed by atoms with Crippen LogP contribution in [0.4, 0.5) is 16.2 Å². The lowest BCUT2D eigenvalue weighted by molar-refractivity contribution is -0.122. The van der Waals surface area contributed by atoms with Gasteiger partial charge in [-0.25, -0.2) is 9.37 Å². The zero-order valence-corrected chi connectivity index (χ0v) is 18.7. The van der Waals surface area contributed by atoms with Gasteiger partial charge in [0.25, 0.3) is 5.91 Å². The first kappa shape index (κ1) is 24.4. The number of hydrogen-bond acceptors (Lipinski definition) is 7. The number of nitrogens with one attached hydrogen (secondary N) is 4. The van der Waals surface area contributed by atoms with Gasteiger partial charge in [0, 0.05) is 32.4 Å². The Hall–Kier alpha value is -3.27. The van der Waals surface area contributed by atoms with Crippen LogP contribution in [0.2, 0.25) is 0 Å². The minimum Gasteiger partial charge on any atom is -0.369 e. The number of nitrogens with two attached hydrogens (primary N) is 1. The maximum absolute atomic E-state index is 13.1. The van der Waals surface area contributed by atoms with E-state index in [-0.39, 0.29) is 24.2 Å². The van der Waals surface area contributed by atoms with Crippen molar-refractivity contribution in [3.05, 3.63) is 47.4 Å². The van der Waals surface area contributed by atoms with Crippen LogP contribution in [0.25, 0.3) is 0 Å². The summed E-state index contributed by atoms with van der Waals surface area (Å²) in [7, 11) is 0. The Morgan fingerprint density at radius 2 is 1.73 bits per heavy atom. The number of anilines is 2. The lowest BCUT2D eigenvalue weighted by Gasteiger charge is -2.14. The number of carbonyl (C=O) groups excluding carboxylic acids is 2. The highest BCUT2D eigenvalue weighted by molar-refractivity contribution is 5.98. The molecule has 3 rings (SSSR count). The number of carbonyl (C=O) groups is 2. The molecule has 0 spiro atoms. The molecule has 0 radical (unpaired) electrons. The maximum Gasteiger partial charge on any atom is 0.256 e. The number of rotatable bonds is 3. The van der Waals surface area contributed by atoms with Crippen molar-refractivity contribution >= 4 is 23.6 Å². The quantitative estimate of drug-likeness (QED) is 0.477. The second-order valence-corrected chi connectivity index (χ2v) is 8.07. The summed E-state index contributed by atoms with van der Waals surface area (Å²) in [5, 5.41) is 12.1. The average Bonchev–Trinajstić information content (AvgIpc) is 2.82. The normalized spacial score (nSPS) is 18.2. The molecule has 1 aliphatic rings. The summed E-state index contributed by atoms with van der Waals surface area (Å²) in [5.41, 5.74) is 7.08. The van der Waals surface area contributed by atoms with Crippen molar-refractivity contribution in [1.29, 1.82) is 0 Å². The van der Waals surface area contributed by atoms with Gasteiger partial charge in [0.15, 0.2) is 0 Å². The number of aromatic nitrogens is 2. The molecular formula is C23H32FN7O2. The molecule has 0 fully saturated rings. The van der Waals surface area contributed by atoms with Crippen LogP contribution in [0, 0.1) is 5.82 Å². The Morgan fingerprint density at radius 3 is 2.48 bits per heavy atom. The lowest BCUT2D eigenvalue weighted by Crippen LogP contribution is -2.41. The van der Waals surface area contributed by atoms with Crippen molar-refractivity contribution in [2.24, 2.45) is 5.73 Å². The predicted molar refractivity (Wildman–Crippen MR) is 125 cm³/mol. The largest absolute Gasteiger partial charge is 0.369 e. The summed E-state index contributed by atoms with van der Waals surface area (Å²) >= 11 is 0. The van der Waals surface area contributed by atoms with E-state index in [2.05, 4.69) is 31.2 Å². The van der Waals surface area contributed by atoms with Gasteiger partial charge in [0.2, 0.25) is 11.9 Å². The number of benzene rings is 1. The molecule has 0 unspecified atom stereocenters. The van der Waals surface area contributed by atoms with Gasteiger partial charge in [-0.2, -0.15) is 4.98 Å². The first-order chi connectivity index (χ1) is 16.0. The number of amides is 2. The number of halogens is 1. The van der Waals surface area contributed by atoms with Crippen molar-refractivity contribution in [1.82, 2.24) is 20.6 Å². The number of fused-ring (bicyclic) bond motifs is 2. The van der Waals surface area contributed by atoms with Crippen LogP contribution in [0.15, 0.2) is 30.5 Å². The molecule has 0 aliphatic carbocycles. The minimum atomic E-state index is -0.566. The molecule has 1 aromatic heterocycles. The van der Waals surface area contributed by atoms with E-state index in [1.54, 1.807) is 12.1 Å². The summed E-state index contributed by atoms with van der Waals surface area (Å²) < 4.78 is 13.1. The van der Waals surface area contributed by atoms with Gasteiger partial charge in [-0.05, 0) is 43.4 Å². The highest BCUT2D eigenvalue weighted by Crippen LogP contribution is 2.15. The van der Waals surface area contributed by atoms with Crippen molar-refractivity contribution in [2.75, 3.05) is 30.3 Å². The molecule has 2 bridgehead atoms. The molecule has 178 valence electrons. The van der Waals surface area contributed by atoms with E-state index < -0.39 is 6.04 Å². The molecule has 0 saturated carbocycles. The monoisotopic (exact) mass is 457 g/mol. The van der Waals surface area contributed by atoms with E-state index in [9.17, 15) is 14.0 Å². The molecule has 1 aromatic carbocycles. The zero-order chi connectivity index (χ0) is 23.5. The highest BCUT2D eigenvalue weighted by atomic mass is 19.1. The lowest BCUT2D eigenvalue weighted by atomic mass is 10.1. The first-order valence-electron chi connectivity index (χ1n) is 11.4. The predicted octanol–water partition coefficient (Wildman–Crippen LogP) is 2.17. The van der Waals surface area contributed by atoms with Gasteiger partial charge in [-0.3, -0.25) is 9.59 Å². The van der Waals surface area contributed by atoms with Crippen LogP contribution in [0.5, 0.6) is 0 Å². The van der Waals surface area contributed by atoms with Gasteiger partial charge < -0.3 is 27.0 Å². The van der Waals surface area contributed by atoms with Crippen molar-refractivity contribution < 1.29 is 14.0 Å². The molecule has 1 atom stereocenters. The van der Waals surface area contributed by atoms with Gasteiger partial charge in [-0.1, -0.05) is 25.0 Å². The molecule has 2 heterocycles. The van der Waals surface area contributed by atoms with Crippen LogP contribution in [-0.4, -0.2) is 47.5 Å². The van der Waals surface area contributed by atoms with Gasteiger partial charge in [0.1, 0.15) is 17.2 Å². The SMILES string of the molecule is N[C@@H]1CCCNc2nc(ncc2C(=O)NCc2ccc(F)cc2)NCCCCCCNC1=O. The third kappa shape index (κ3) is 7.98. The van der Waals surface area contributed by atoms with Crippen LogP contribution in [-0.2, 0) is 11.3 Å². The fraction of sp³-hybridized carbons (Fsp3) is 0.478. The van der Waals surface area contributed by atoms with Gasteiger partial charge in [-0.15, -0.1) is 0 Å². The first-order valence-corrected chi connectivity index (χ1v) is 11.4. The third-order valence-corrected chi connectivity index (χ3v) is 5.41. The average molecular weight is 458 g/mol. The molecule has 0 saturated heterocycles. The van der Waals surface area contributed by atoms with E-state index >= 15 is 0 Å². The smallest absolute Gasteiger partial charge is 0.256 e. The van der Waals surface area contributed by atoms with Crippen LogP contribution < -0.4 is 27.0 Å². The number of nitrogens with zero attached hydrogens (tertiary/aromatic N) is 2. The molecule has 10 heteroatoms. The van der Waals surface area contributed by atoms with Crippen molar-refractivity contribution in [3.63, 3.8) is 0 Å². The molecule has 2 amide bonds. The van der Waals surface area contributed by atoms with Gasteiger partial charge in [0.05, 0.1) is 6.04 Å². The highest BCUT2D eigenvalue weighted by Gasteiger charge is 2.16. The molecule has 2 aromatic rings. The Labute approximate surface area is 193 Å². The second kappa shape index (κ2) is 12.7. The summed E-state index contributed by atoms with van der Waals surface area (Å²) in [6, 6.07) is 5.38. The Balaban J connectivity index is 1.67. The molecule has 9 nitrogen and oxygen atoms in total. The van der Waals surface area contributed by atoms with E-state index in [1.807, 2.05) is 0 Å². The standard InChI is InChI=1S/C23H32FN7O2/c24-17-9-7-16(8-10-17)14-29-21(32)18-15-30-23-28-12-4-2-1-3-11-27-22(33)19(25)6-5-13-26-20(18)31-23/h7-10,15,19H,1-6,11-14,25H2,(H,27,33)(H,29,32)(H2,26,28,30,31)/t19-/m1/s1. The summed E-state index contributed by atoms with van der Waals surface area (Å²) in [5.74, 6) is 0.0604. The maximum atomic E-state index is 13.1. The fourth-order valence-electron chi connectivity index (χ4n) is 3.45. The van der Waals surface area contributed by atoms with Crippen LogP contribution in [0.3, 0.4) is 0 Å². The van der Waals surface area contributed by atoms with Crippen molar-refractivity contribution in [2.45, 2.75) is 51.1 Å². The zero-order valence-electron chi connectivity index (χ0n) is 18.7. The Morgan fingerprint density at radius 1 is 1.03 bits per heavy atom. The van der Waals surface area contributed by atoms with Crippen LogP contribution >= 0.6 is 0 Å². The molecule has 1 aliphatic heterocycles. The minimum absolute atomic E-state index is 0.133. The second-order valence-electron chi connectivity index (χ2n) is 8.07. The summed E-state index contributed by atoms with van der Waals surface area (Å²) in [6.07, 6.45) is 6.54. The summed E-state index contributed by atoms with van der Waals surface area (Å²) in [4.78, 5) is 33.7. The van der Waals surface area contributed by atoms with Gasteiger partial charge >= 0.3 is 0 Å². The topological polar surface area (TPSA) is 134 Å². The van der Waals surface area contributed by atoms with Crippen LogP contribution in [0.1, 0.15) is 54.4 Å². The van der Waals surface area contributed by atoms with E-state index in [1.165, 1.54) is 18.3 Å². The molecule has 33 heavy (non-hydrogen) atoms. The van der Waals surface area contributed by atoms with E-state index in [0.29, 0.717) is 49.8 Å². The third-order valence-electron chi connectivity index (χ3n) is 5.41. The fourth-order valence-corrected chi connectivity index (χ4v) is 3.45. The number of hydrogen-bond donors (Lipinski definition) is 5. The molecular weight excluding hydrogens is 425 g/mol. The summed E-state index contributed by atoms with van der Waals surface area (Å²) in [6.45, 7) is 2.10. The Bertz CT molecular complexity index is 924.